The summed E-state index contributed by atoms with van der Waals surface area (Å²) >= 11 is 0. The van der Waals surface area contributed by atoms with Gasteiger partial charge in [0.15, 0.2) is 0 Å². The van der Waals surface area contributed by atoms with Crippen molar-refractivity contribution in [1.82, 2.24) is 9.99 Å². The molecule has 0 fully saturated rings. The third-order valence-corrected chi connectivity index (χ3v) is 10.6. The number of hydrazine groups is 1. The highest BCUT2D eigenvalue weighted by molar-refractivity contribution is 5.71. The lowest BCUT2D eigenvalue weighted by atomic mass is 9.80. The Balaban J connectivity index is 1.45. The van der Waals surface area contributed by atoms with Crippen molar-refractivity contribution in [2.24, 2.45) is 11.6 Å². The van der Waals surface area contributed by atoms with Crippen LogP contribution in [0.5, 0.6) is 0 Å². The first-order valence-corrected chi connectivity index (χ1v) is 18.1. The first kappa shape index (κ1) is 34.3. The number of nitrogens with zero attached hydrogens (tertiary/aromatic N) is 4. The summed E-state index contributed by atoms with van der Waals surface area (Å²) in [5.41, 5.74) is 18.2. The summed E-state index contributed by atoms with van der Waals surface area (Å²) in [6.07, 6.45) is 19.9. The first-order valence-electron chi connectivity index (χ1n) is 18.1. The average Bonchev–Trinajstić information content (AvgIpc) is 3.45. The van der Waals surface area contributed by atoms with Crippen molar-refractivity contribution in [2.45, 2.75) is 90.5 Å². The Morgan fingerprint density at radius 2 is 1.61 bits per heavy atom. The van der Waals surface area contributed by atoms with E-state index < -0.39 is 0 Å². The van der Waals surface area contributed by atoms with Gasteiger partial charge in [-0.2, -0.15) is 0 Å². The van der Waals surface area contributed by atoms with Gasteiger partial charge >= 0.3 is 0 Å². The zero-order valence-corrected chi connectivity index (χ0v) is 30.3. The Kier molecular flexibility index (Phi) is 9.89. The van der Waals surface area contributed by atoms with E-state index in [1.54, 1.807) is 17.4 Å². The molecule has 0 saturated heterocycles. The maximum absolute atomic E-state index is 7.01. The molecule has 3 heterocycles. The normalized spacial score (nSPS) is 21.6. The van der Waals surface area contributed by atoms with Crippen molar-refractivity contribution in [2.75, 3.05) is 22.9 Å². The summed E-state index contributed by atoms with van der Waals surface area (Å²) < 4.78 is 0. The summed E-state index contributed by atoms with van der Waals surface area (Å²) in [6, 6.07) is 21.8. The monoisotopic (exact) mass is 654 g/mol. The van der Waals surface area contributed by atoms with Crippen molar-refractivity contribution in [3.63, 3.8) is 0 Å². The van der Waals surface area contributed by atoms with E-state index in [1.165, 1.54) is 39.3 Å². The molecule has 1 atom stereocenters. The number of rotatable bonds is 10. The highest BCUT2D eigenvalue weighted by atomic mass is 15.4. The summed E-state index contributed by atoms with van der Waals surface area (Å²) in [4.78, 5) is 9.36. The molecule has 0 saturated carbocycles. The fourth-order valence-electron chi connectivity index (χ4n) is 8.20. The number of fused-ring (bicyclic) bond motifs is 2. The molecular formula is C43H54N6. The second-order valence-electron chi connectivity index (χ2n) is 14.7. The quantitative estimate of drug-likeness (QED) is 0.168. The van der Waals surface area contributed by atoms with Crippen LogP contribution in [0.4, 0.5) is 11.4 Å². The highest BCUT2D eigenvalue weighted by Crippen LogP contribution is 2.48. The first-order chi connectivity index (χ1) is 23.6. The number of pyridine rings is 1. The van der Waals surface area contributed by atoms with Gasteiger partial charge in [-0.25, -0.2) is 5.84 Å². The fraction of sp³-hybridized carbons (Fsp3) is 0.372. The van der Waals surface area contributed by atoms with Crippen LogP contribution in [-0.4, -0.2) is 29.1 Å². The van der Waals surface area contributed by atoms with Gasteiger partial charge in [-0.1, -0.05) is 96.2 Å². The van der Waals surface area contributed by atoms with Crippen molar-refractivity contribution in [1.29, 1.82) is 0 Å². The third kappa shape index (κ3) is 6.47. The van der Waals surface area contributed by atoms with Gasteiger partial charge in [0.25, 0.3) is 0 Å². The molecule has 49 heavy (non-hydrogen) atoms. The molecule has 1 aromatic heterocycles. The van der Waals surface area contributed by atoms with Crippen LogP contribution in [0.3, 0.4) is 0 Å². The number of nitrogens with two attached hydrogens (primary N) is 2. The van der Waals surface area contributed by atoms with Crippen molar-refractivity contribution in [3.8, 4) is 0 Å². The average molecular weight is 655 g/mol. The lowest BCUT2D eigenvalue weighted by molar-refractivity contribution is 0.470. The zero-order chi connectivity index (χ0) is 34.8. The van der Waals surface area contributed by atoms with Gasteiger partial charge in [-0.15, -0.1) is 0 Å². The number of hydrogen-bond donors (Lipinski definition) is 2. The molecule has 6 rings (SSSR count). The molecular weight excluding hydrogens is 601 g/mol. The molecule has 2 aliphatic heterocycles. The van der Waals surface area contributed by atoms with E-state index >= 15 is 0 Å². The number of para-hydroxylation sites is 2. The van der Waals surface area contributed by atoms with Crippen LogP contribution in [0.15, 0.2) is 126 Å². The van der Waals surface area contributed by atoms with Gasteiger partial charge in [-0.3, -0.25) is 9.99 Å². The number of benzene rings is 2. The lowest BCUT2D eigenvalue weighted by Gasteiger charge is -2.33. The molecule has 3 aromatic rings. The second-order valence-corrected chi connectivity index (χ2v) is 14.7. The fourth-order valence-corrected chi connectivity index (χ4v) is 8.20. The van der Waals surface area contributed by atoms with Crippen molar-refractivity contribution >= 4 is 17.1 Å². The molecule has 256 valence electrons. The third-order valence-electron chi connectivity index (χ3n) is 10.6. The molecule has 3 aliphatic rings. The predicted octanol–water partition coefficient (Wildman–Crippen LogP) is 9.10. The van der Waals surface area contributed by atoms with Crippen molar-refractivity contribution < 1.29 is 0 Å². The molecule has 0 bridgehead atoms. The van der Waals surface area contributed by atoms with Gasteiger partial charge in [0.1, 0.15) is 0 Å². The second kappa shape index (κ2) is 14.1. The summed E-state index contributed by atoms with van der Waals surface area (Å²) in [5.74, 6) is 7.01. The molecule has 1 aliphatic carbocycles. The van der Waals surface area contributed by atoms with Gasteiger partial charge in [-0.05, 0) is 84.7 Å². The topological polar surface area (TPSA) is 74.7 Å². The van der Waals surface area contributed by atoms with Gasteiger partial charge in [0.05, 0.1) is 17.4 Å². The van der Waals surface area contributed by atoms with Crippen molar-refractivity contribution in [3.05, 3.63) is 143 Å². The SMILES string of the molecule is CCCN1/C(=C/C=C2\CCCC(/C=C/C3N(CCC)c4ccccc4C3(C)C)=C2N(N)/C=C(\N)c2cccnc2)C(C)(C)c2ccccc21. The summed E-state index contributed by atoms with van der Waals surface area (Å²) in [7, 11) is 0. The van der Waals surface area contributed by atoms with Gasteiger partial charge in [0, 0.05) is 65.1 Å². The maximum atomic E-state index is 7.01. The minimum absolute atomic E-state index is 0.0282. The minimum atomic E-state index is -0.108. The van der Waals surface area contributed by atoms with E-state index in [4.69, 9.17) is 11.6 Å². The Morgan fingerprint density at radius 1 is 0.898 bits per heavy atom. The van der Waals surface area contributed by atoms with E-state index in [0.29, 0.717) is 5.70 Å². The summed E-state index contributed by atoms with van der Waals surface area (Å²) in [5, 5.41) is 1.75. The Morgan fingerprint density at radius 3 is 2.33 bits per heavy atom. The Bertz CT molecular complexity index is 1810. The van der Waals surface area contributed by atoms with Crippen LogP contribution < -0.4 is 21.4 Å². The molecule has 6 heteroatoms. The standard InChI is InChI=1S/C43H54N6/c1-7-27-47-37-20-11-9-18-34(37)42(3,4)39(47)24-22-31-15-13-16-32(41(31)49(45)30-36(44)33-17-14-26-46-29-33)23-25-40-43(5,6)35-19-10-12-21-38(35)48(40)28-8-2/h9-12,14,17-26,29-30,39H,7-8,13,15-16,27-28,44-45H2,1-6H3/b24-22+,32-23+,36-30-,40-25+. The molecule has 0 amide bonds. The maximum Gasteiger partial charge on any atom is 0.0632 e. The van der Waals surface area contributed by atoms with E-state index in [9.17, 15) is 0 Å². The zero-order valence-electron chi connectivity index (χ0n) is 30.3. The smallest absolute Gasteiger partial charge is 0.0632 e. The number of aromatic nitrogens is 1. The van der Waals surface area contributed by atoms with E-state index in [0.717, 1.165) is 56.5 Å². The van der Waals surface area contributed by atoms with Crippen LogP contribution in [0.1, 0.15) is 90.3 Å². The minimum Gasteiger partial charge on any atom is -0.397 e. The van der Waals surface area contributed by atoms with E-state index in [-0.39, 0.29) is 16.9 Å². The van der Waals surface area contributed by atoms with Crippen LogP contribution in [0.2, 0.25) is 0 Å². The van der Waals surface area contributed by atoms with Crippen LogP contribution >= 0.6 is 0 Å². The van der Waals surface area contributed by atoms with E-state index in [1.807, 2.05) is 18.3 Å². The number of allylic oxidation sites excluding steroid dienone is 6. The van der Waals surface area contributed by atoms with Crippen LogP contribution in [0, 0.1) is 0 Å². The number of anilines is 2. The number of hydrogen-bond acceptors (Lipinski definition) is 6. The molecule has 4 N–H and O–H groups in total. The molecule has 0 radical (unpaired) electrons. The largest absolute Gasteiger partial charge is 0.397 e. The predicted molar refractivity (Wildman–Crippen MR) is 207 cm³/mol. The Hall–Kier alpha value is -4.55. The van der Waals surface area contributed by atoms with Gasteiger partial charge < -0.3 is 15.5 Å². The van der Waals surface area contributed by atoms with Crippen LogP contribution in [-0.2, 0) is 10.8 Å². The molecule has 1 unspecified atom stereocenters. The summed E-state index contributed by atoms with van der Waals surface area (Å²) in [6.45, 7) is 15.9. The lowest BCUT2D eigenvalue weighted by Crippen LogP contribution is -2.40. The van der Waals surface area contributed by atoms with E-state index in [2.05, 4.69) is 129 Å². The van der Waals surface area contributed by atoms with Gasteiger partial charge in [0.2, 0.25) is 0 Å². The highest BCUT2D eigenvalue weighted by Gasteiger charge is 2.43. The van der Waals surface area contributed by atoms with Crippen LogP contribution in [0.25, 0.3) is 5.70 Å². The molecule has 2 aromatic carbocycles. The molecule has 0 spiro atoms. The molecule has 6 nitrogen and oxygen atoms in total. The Labute approximate surface area is 294 Å².